The van der Waals surface area contributed by atoms with Crippen molar-refractivity contribution in [3.05, 3.63) is 24.3 Å². The number of hydrogen-bond donors (Lipinski definition) is 3. The van der Waals surface area contributed by atoms with Crippen LogP contribution < -0.4 is 5.48 Å². The second kappa shape index (κ2) is 2.37. The molecule has 0 spiro atoms. The number of nitrogens with one attached hydrogen (secondary N) is 1. The quantitative estimate of drug-likeness (QED) is 0.390. The second-order valence-electron chi connectivity index (χ2n) is 1.66. The lowest BCUT2D eigenvalue weighted by atomic mass is 10.3. The first-order chi connectivity index (χ1) is 4.33. The van der Waals surface area contributed by atoms with Crippen molar-refractivity contribution in [1.29, 1.82) is 0 Å². The van der Waals surface area contributed by atoms with Crippen LogP contribution in [-0.4, -0.2) is 10.3 Å². The van der Waals surface area contributed by atoms with E-state index in [1.165, 1.54) is 12.1 Å². The van der Waals surface area contributed by atoms with E-state index in [0.29, 0.717) is 5.69 Å². The van der Waals surface area contributed by atoms with E-state index in [-0.39, 0.29) is 5.75 Å². The Balaban J connectivity index is 2.88. The number of phenolic OH excluding ortho intramolecular Hbond substituents is 1. The van der Waals surface area contributed by atoms with Gasteiger partial charge in [0.05, 0.1) is 5.69 Å². The molecule has 0 radical (unpaired) electrons. The molecule has 48 valence electrons. The van der Waals surface area contributed by atoms with Gasteiger partial charge in [0.1, 0.15) is 5.75 Å². The summed E-state index contributed by atoms with van der Waals surface area (Å²) >= 11 is 0. The molecule has 0 aromatic heterocycles. The first-order valence-electron chi connectivity index (χ1n) is 2.52. The Morgan fingerprint density at radius 1 is 1.11 bits per heavy atom. The van der Waals surface area contributed by atoms with Crippen LogP contribution in [-0.2, 0) is 0 Å². The third kappa shape index (κ3) is 1.33. The molecule has 0 amide bonds. The maximum atomic E-state index is 8.74. The van der Waals surface area contributed by atoms with E-state index < -0.39 is 0 Å². The van der Waals surface area contributed by atoms with Crippen LogP contribution >= 0.6 is 0 Å². The van der Waals surface area contributed by atoms with E-state index >= 15 is 0 Å². The summed E-state index contributed by atoms with van der Waals surface area (Å²) in [4.78, 5) is 0. The molecule has 0 atom stereocenters. The minimum Gasteiger partial charge on any atom is -0.508 e. The zero-order valence-electron chi connectivity index (χ0n) is 4.70. The van der Waals surface area contributed by atoms with Crippen LogP contribution in [0.15, 0.2) is 24.3 Å². The first-order valence-corrected chi connectivity index (χ1v) is 2.52. The van der Waals surface area contributed by atoms with E-state index in [0.717, 1.165) is 0 Å². The van der Waals surface area contributed by atoms with E-state index in [2.05, 4.69) is 0 Å². The van der Waals surface area contributed by atoms with Gasteiger partial charge in [-0.05, 0) is 24.3 Å². The molecule has 0 fully saturated rings. The molecule has 0 aliphatic heterocycles. The molecule has 0 unspecified atom stereocenters. The topological polar surface area (TPSA) is 52.5 Å². The SMILES string of the molecule is ONc1ccc(O)cc1. The summed E-state index contributed by atoms with van der Waals surface area (Å²) in [7, 11) is 0. The summed E-state index contributed by atoms with van der Waals surface area (Å²) in [5.41, 5.74) is 2.51. The number of hydrogen-bond acceptors (Lipinski definition) is 3. The van der Waals surface area contributed by atoms with Crippen molar-refractivity contribution >= 4 is 5.69 Å². The molecule has 3 heteroatoms. The standard InChI is InChI=1S/C6H7NO2/c8-6-3-1-5(7-9)2-4-6/h1-4,7-9H. The third-order valence-electron chi connectivity index (χ3n) is 0.996. The molecular formula is C6H7NO2. The van der Waals surface area contributed by atoms with Crippen LogP contribution in [0, 0.1) is 0 Å². The van der Waals surface area contributed by atoms with Crippen molar-refractivity contribution in [1.82, 2.24) is 0 Å². The summed E-state index contributed by atoms with van der Waals surface area (Å²) in [5, 5.41) is 17.0. The lowest BCUT2D eigenvalue weighted by Crippen LogP contribution is -1.86. The fourth-order valence-corrected chi connectivity index (χ4v) is 0.536. The number of rotatable bonds is 1. The van der Waals surface area contributed by atoms with Gasteiger partial charge >= 0.3 is 0 Å². The van der Waals surface area contributed by atoms with Gasteiger partial charge in [-0.1, -0.05) is 0 Å². The van der Waals surface area contributed by atoms with Gasteiger partial charge in [0.25, 0.3) is 0 Å². The average Bonchev–Trinajstić information content (AvgIpc) is 1.90. The van der Waals surface area contributed by atoms with E-state index in [9.17, 15) is 0 Å². The molecule has 0 bridgehead atoms. The smallest absolute Gasteiger partial charge is 0.115 e. The van der Waals surface area contributed by atoms with Crippen molar-refractivity contribution in [2.45, 2.75) is 0 Å². The lowest BCUT2D eigenvalue weighted by molar-refractivity contribution is 0.388. The Morgan fingerprint density at radius 2 is 1.67 bits per heavy atom. The maximum Gasteiger partial charge on any atom is 0.115 e. The zero-order valence-corrected chi connectivity index (χ0v) is 4.70. The maximum absolute atomic E-state index is 8.74. The number of anilines is 1. The molecular weight excluding hydrogens is 118 g/mol. The highest BCUT2D eigenvalue weighted by molar-refractivity contribution is 5.43. The van der Waals surface area contributed by atoms with Crippen LogP contribution in [0.5, 0.6) is 5.75 Å². The summed E-state index contributed by atoms with van der Waals surface area (Å²) in [6.45, 7) is 0. The fourth-order valence-electron chi connectivity index (χ4n) is 0.536. The fraction of sp³-hybridized carbons (Fsp3) is 0. The molecule has 0 saturated carbocycles. The summed E-state index contributed by atoms with van der Waals surface area (Å²) in [6.07, 6.45) is 0. The van der Waals surface area contributed by atoms with E-state index in [1.54, 1.807) is 12.1 Å². The normalized spacial score (nSPS) is 9.00. The van der Waals surface area contributed by atoms with Crippen molar-refractivity contribution in [2.24, 2.45) is 0 Å². The highest BCUT2D eigenvalue weighted by atomic mass is 16.5. The van der Waals surface area contributed by atoms with Crippen molar-refractivity contribution in [2.75, 3.05) is 5.48 Å². The van der Waals surface area contributed by atoms with Crippen molar-refractivity contribution < 1.29 is 10.3 Å². The molecule has 9 heavy (non-hydrogen) atoms. The molecule has 1 rings (SSSR count). The monoisotopic (exact) mass is 125 g/mol. The third-order valence-corrected chi connectivity index (χ3v) is 0.996. The first kappa shape index (κ1) is 5.91. The van der Waals surface area contributed by atoms with Gasteiger partial charge < -0.3 is 5.11 Å². The molecule has 1 aromatic rings. The predicted molar refractivity (Wildman–Crippen MR) is 33.5 cm³/mol. The Labute approximate surface area is 52.5 Å². The largest absolute Gasteiger partial charge is 0.508 e. The molecule has 0 aliphatic carbocycles. The number of aromatic hydroxyl groups is 1. The molecule has 0 heterocycles. The van der Waals surface area contributed by atoms with Crippen LogP contribution in [0.2, 0.25) is 0 Å². The van der Waals surface area contributed by atoms with Crippen LogP contribution in [0.25, 0.3) is 0 Å². The number of phenols is 1. The summed E-state index contributed by atoms with van der Waals surface area (Å²) in [6, 6.07) is 6.10. The molecule has 0 saturated heterocycles. The highest BCUT2D eigenvalue weighted by Gasteiger charge is 1.86. The second-order valence-corrected chi connectivity index (χ2v) is 1.66. The van der Waals surface area contributed by atoms with Gasteiger partial charge in [-0.25, -0.2) is 0 Å². The zero-order chi connectivity index (χ0) is 6.69. The van der Waals surface area contributed by atoms with Gasteiger partial charge in [-0.3, -0.25) is 10.7 Å². The van der Waals surface area contributed by atoms with Gasteiger partial charge in [-0.2, -0.15) is 0 Å². The molecule has 1 aromatic carbocycles. The Kier molecular flexibility index (Phi) is 1.55. The van der Waals surface area contributed by atoms with Crippen molar-refractivity contribution in [3.63, 3.8) is 0 Å². The summed E-state index contributed by atoms with van der Waals surface area (Å²) < 4.78 is 0. The van der Waals surface area contributed by atoms with Crippen LogP contribution in [0.4, 0.5) is 5.69 Å². The Hall–Kier alpha value is -1.22. The average molecular weight is 125 g/mol. The lowest BCUT2D eigenvalue weighted by Gasteiger charge is -1.95. The summed E-state index contributed by atoms with van der Waals surface area (Å²) in [5.74, 6) is 0.189. The molecule has 0 aliphatic rings. The van der Waals surface area contributed by atoms with Gasteiger partial charge in [0, 0.05) is 0 Å². The molecule has 3 nitrogen and oxygen atoms in total. The number of benzene rings is 1. The van der Waals surface area contributed by atoms with E-state index in [1.807, 2.05) is 5.48 Å². The highest BCUT2D eigenvalue weighted by Crippen LogP contribution is 2.12. The van der Waals surface area contributed by atoms with Crippen molar-refractivity contribution in [3.8, 4) is 5.75 Å². The van der Waals surface area contributed by atoms with Gasteiger partial charge in [-0.15, -0.1) is 0 Å². The Bertz CT molecular complexity index is 183. The Morgan fingerprint density at radius 3 is 2.11 bits per heavy atom. The van der Waals surface area contributed by atoms with Gasteiger partial charge in [0.15, 0.2) is 0 Å². The van der Waals surface area contributed by atoms with Crippen LogP contribution in [0.1, 0.15) is 0 Å². The van der Waals surface area contributed by atoms with Crippen LogP contribution in [0.3, 0.4) is 0 Å². The minimum absolute atomic E-state index is 0.189. The molecule has 3 N–H and O–H groups in total. The minimum atomic E-state index is 0.189. The predicted octanol–water partition coefficient (Wildman–Crippen LogP) is 1.19. The van der Waals surface area contributed by atoms with Gasteiger partial charge in [0.2, 0.25) is 0 Å². The van der Waals surface area contributed by atoms with E-state index in [4.69, 9.17) is 10.3 Å².